The van der Waals surface area contributed by atoms with Gasteiger partial charge in [0.25, 0.3) is 5.91 Å². The van der Waals surface area contributed by atoms with Crippen molar-refractivity contribution in [1.82, 2.24) is 15.1 Å². The van der Waals surface area contributed by atoms with Crippen molar-refractivity contribution >= 4 is 17.8 Å². The fourth-order valence-corrected chi connectivity index (χ4v) is 3.94. The van der Waals surface area contributed by atoms with Gasteiger partial charge in [0.2, 0.25) is 5.91 Å². The summed E-state index contributed by atoms with van der Waals surface area (Å²) in [5.41, 5.74) is 1.38. The standard InChI is InChI=1S/C21H29N3O3/c1-14-5-7-17(8-6-14)16(3)23(4)18(25)13-24-19(26)21(22-20(24)27)11-9-15(2)10-12-21/h5-8,15-16H,9-13H2,1-4H3,(H,22,27). The molecule has 1 saturated carbocycles. The molecular formula is C21H29N3O3. The predicted molar refractivity (Wildman–Crippen MR) is 103 cm³/mol. The molecule has 1 N–H and O–H groups in total. The lowest BCUT2D eigenvalue weighted by Crippen LogP contribution is -2.50. The van der Waals surface area contributed by atoms with Gasteiger partial charge in [-0.25, -0.2) is 4.79 Å². The first-order chi connectivity index (χ1) is 12.7. The first kappa shape index (κ1) is 19.4. The van der Waals surface area contributed by atoms with Crippen molar-refractivity contribution in [3.63, 3.8) is 0 Å². The van der Waals surface area contributed by atoms with Crippen molar-refractivity contribution in [3.05, 3.63) is 35.4 Å². The van der Waals surface area contributed by atoms with Crippen molar-refractivity contribution in [1.29, 1.82) is 0 Å². The van der Waals surface area contributed by atoms with Crippen molar-refractivity contribution in [2.24, 2.45) is 5.92 Å². The van der Waals surface area contributed by atoms with Crippen LogP contribution in [0, 0.1) is 12.8 Å². The molecule has 1 unspecified atom stereocenters. The van der Waals surface area contributed by atoms with E-state index in [1.54, 1.807) is 11.9 Å². The third-order valence-corrected chi connectivity index (χ3v) is 6.20. The largest absolute Gasteiger partial charge is 0.337 e. The van der Waals surface area contributed by atoms with E-state index >= 15 is 0 Å². The Morgan fingerprint density at radius 1 is 1.26 bits per heavy atom. The fourth-order valence-electron chi connectivity index (χ4n) is 3.94. The quantitative estimate of drug-likeness (QED) is 0.827. The van der Waals surface area contributed by atoms with Crippen LogP contribution in [0.25, 0.3) is 0 Å². The number of carbonyl (C=O) groups is 3. The van der Waals surface area contributed by atoms with Crippen LogP contribution in [0.2, 0.25) is 0 Å². The number of likely N-dealkylation sites (N-methyl/N-ethyl adjacent to an activating group) is 1. The van der Waals surface area contributed by atoms with E-state index in [1.165, 1.54) is 0 Å². The zero-order valence-corrected chi connectivity index (χ0v) is 16.6. The Hall–Kier alpha value is -2.37. The molecular weight excluding hydrogens is 342 g/mol. The van der Waals surface area contributed by atoms with Crippen LogP contribution in [0.4, 0.5) is 4.79 Å². The van der Waals surface area contributed by atoms with Crippen LogP contribution in [0.5, 0.6) is 0 Å². The van der Waals surface area contributed by atoms with Gasteiger partial charge in [0.05, 0.1) is 6.04 Å². The highest BCUT2D eigenvalue weighted by atomic mass is 16.2. The Bertz CT molecular complexity index is 736. The van der Waals surface area contributed by atoms with E-state index in [-0.39, 0.29) is 24.4 Å². The summed E-state index contributed by atoms with van der Waals surface area (Å²) < 4.78 is 0. The van der Waals surface area contributed by atoms with Crippen molar-refractivity contribution in [2.45, 2.75) is 58.0 Å². The summed E-state index contributed by atoms with van der Waals surface area (Å²) in [5.74, 6) is 0.0782. The average molecular weight is 371 g/mol. The Morgan fingerprint density at radius 2 is 1.85 bits per heavy atom. The number of urea groups is 1. The molecule has 3 rings (SSSR count). The number of aryl methyl sites for hydroxylation is 1. The van der Waals surface area contributed by atoms with Gasteiger partial charge in [-0.15, -0.1) is 0 Å². The number of amides is 4. The molecule has 1 saturated heterocycles. The summed E-state index contributed by atoms with van der Waals surface area (Å²) in [6, 6.07) is 7.43. The minimum absolute atomic E-state index is 0.136. The Balaban J connectivity index is 1.67. The molecule has 1 aromatic rings. The molecule has 146 valence electrons. The monoisotopic (exact) mass is 371 g/mol. The average Bonchev–Trinajstić information content (AvgIpc) is 2.88. The van der Waals surface area contributed by atoms with E-state index in [0.29, 0.717) is 18.8 Å². The molecule has 6 nitrogen and oxygen atoms in total. The number of nitrogens with one attached hydrogen (secondary N) is 1. The highest BCUT2D eigenvalue weighted by molar-refractivity contribution is 6.09. The number of benzene rings is 1. The summed E-state index contributed by atoms with van der Waals surface area (Å²) in [6.07, 6.45) is 3.13. The highest BCUT2D eigenvalue weighted by Crippen LogP contribution is 2.36. The first-order valence-corrected chi connectivity index (χ1v) is 9.70. The van der Waals surface area contributed by atoms with E-state index in [4.69, 9.17) is 0 Å². The second kappa shape index (κ2) is 7.33. The number of hydrogen-bond acceptors (Lipinski definition) is 3. The van der Waals surface area contributed by atoms with Crippen LogP contribution in [-0.4, -0.2) is 46.8 Å². The molecule has 2 aliphatic rings. The third-order valence-electron chi connectivity index (χ3n) is 6.20. The van der Waals surface area contributed by atoms with Gasteiger partial charge in [0.1, 0.15) is 12.1 Å². The third kappa shape index (κ3) is 3.70. The molecule has 0 aromatic heterocycles. The molecule has 6 heteroatoms. The number of hydrogen-bond donors (Lipinski definition) is 1. The predicted octanol–water partition coefficient (Wildman–Crippen LogP) is 3.02. The number of rotatable bonds is 4. The van der Waals surface area contributed by atoms with Crippen LogP contribution >= 0.6 is 0 Å². The minimum atomic E-state index is -0.801. The van der Waals surface area contributed by atoms with E-state index in [0.717, 1.165) is 28.9 Å². The molecule has 27 heavy (non-hydrogen) atoms. The summed E-state index contributed by atoms with van der Waals surface area (Å²) >= 11 is 0. The lowest BCUT2D eigenvalue weighted by atomic mass is 9.77. The van der Waals surface area contributed by atoms with Gasteiger partial charge in [-0.2, -0.15) is 0 Å². The Labute approximate surface area is 160 Å². The second-order valence-corrected chi connectivity index (χ2v) is 8.18. The lowest BCUT2D eigenvalue weighted by Gasteiger charge is -2.33. The van der Waals surface area contributed by atoms with Crippen LogP contribution < -0.4 is 5.32 Å². The molecule has 1 aliphatic carbocycles. The van der Waals surface area contributed by atoms with Gasteiger partial charge in [0.15, 0.2) is 0 Å². The lowest BCUT2D eigenvalue weighted by molar-refractivity contribution is -0.140. The summed E-state index contributed by atoms with van der Waals surface area (Å²) in [5, 5.41) is 2.87. The van der Waals surface area contributed by atoms with Crippen molar-refractivity contribution in [2.75, 3.05) is 13.6 Å². The Kier molecular flexibility index (Phi) is 5.27. The van der Waals surface area contributed by atoms with E-state index < -0.39 is 11.6 Å². The zero-order valence-electron chi connectivity index (χ0n) is 16.6. The molecule has 1 spiro atoms. The van der Waals surface area contributed by atoms with E-state index in [9.17, 15) is 14.4 Å². The highest BCUT2D eigenvalue weighted by Gasteiger charge is 2.52. The van der Waals surface area contributed by atoms with Crippen LogP contribution in [0.3, 0.4) is 0 Å². The molecule has 1 aromatic carbocycles. The molecule has 1 aliphatic heterocycles. The second-order valence-electron chi connectivity index (χ2n) is 8.18. The van der Waals surface area contributed by atoms with Crippen LogP contribution in [0.15, 0.2) is 24.3 Å². The molecule has 1 atom stereocenters. The van der Waals surface area contributed by atoms with Gasteiger partial charge in [-0.05, 0) is 51.0 Å². The zero-order chi connectivity index (χ0) is 19.8. The van der Waals surface area contributed by atoms with Gasteiger partial charge >= 0.3 is 6.03 Å². The maximum atomic E-state index is 12.9. The number of nitrogens with zero attached hydrogens (tertiary/aromatic N) is 2. The summed E-state index contributed by atoms with van der Waals surface area (Å²) in [7, 11) is 1.71. The van der Waals surface area contributed by atoms with Crippen LogP contribution in [-0.2, 0) is 9.59 Å². The molecule has 4 amide bonds. The fraction of sp³-hybridized carbons (Fsp3) is 0.571. The molecule has 0 radical (unpaired) electrons. The van der Waals surface area contributed by atoms with Crippen molar-refractivity contribution in [3.8, 4) is 0 Å². The van der Waals surface area contributed by atoms with Gasteiger partial charge in [-0.3, -0.25) is 14.5 Å². The summed E-state index contributed by atoms with van der Waals surface area (Å²) in [4.78, 5) is 40.7. The van der Waals surface area contributed by atoms with Gasteiger partial charge < -0.3 is 10.2 Å². The van der Waals surface area contributed by atoms with E-state index in [2.05, 4.69) is 12.2 Å². The summed E-state index contributed by atoms with van der Waals surface area (Å²) in [6.45, 7) is 5.91. The van der Waals surface area contributed by atoms with Gasteiger partial charge in [0, 0.05) is 7.05 Å². The number of carbonyl (C=O) groups excluding carboxylic acids is 3. The normalized spacial score (nSPS) is 26.2. The first-order valence-electron chi connectivity index (χ1n) is 9.70. The van der Waals surface area contributed by atoms with E-state index in [1.807, 2.05) is 38.1 Å². The molecule has 1 heterocycles. The maximum absolute atomic E-state index is 12.9. The minimum Gasteiger partial charge on any atom is -0.337 e. The Morgan fingerprint density at radius 3 is 2.44 bits per heavy atom. The van der Waals surface area contributed by atoms with Gasteiger partial charge in [-0.1, -0.05) is 36.8 Å². The molecule has 0 bridgehead atoms. The number of imide groups is 1. The SMILES string of the molecule is Cc1ccc(C(C)N(C)C(=O)CN2C(=O)NC3(CCC(C)CC3)C2=O)cc1. The van der Waals surface area contributed by atoms with Crippen LogP contribution in [0.1, 0.15) is 56.7 Å². The smallest absolute Gasteiger partial charge is 0.325 e. The molecule has 2 fully saturated rings. The van der Waals surface area contributed by atoms with Crippen molar-refractivity contribution < 1.29 is 14.4 Å². The maximum Gasteiger partial charge on any atom is 0.325 e. The topological polar surface area (TPSA) is 69.7 Å².